The molecule has 2 heterocycles. The largest absolute Gasteiger partial charge is 0.431 e. The number of thiophene rings is 1. The van der Waals surface area contributed by atoms with Crippen molar-refractivity contribution >= 4 is 39.2 Å². The molecular weight excluding hydrogens is 392 g/mol. The van der Waals surface area contributed by atoms with Crippen LogP contribution in [-0.4, -0.2) is 25.2 Å². The number of sulfonamides is 1. The number of nitrogens with two attached hydrogens (primary N) is 1. The molecule has 0 fully saturated rings. The first kappa shape index (κ1) is 18.8. The predicted molar refractivity (Wildman–Crippen MR) is 97.8 cm³/mol. The molecule has 0 saturated heterocycles. The highest BCUT2D eigenvalue weighted by Gasteiger charge is 2.15. The Bertz CT molecular complexity index is 1060. The highest BCUT2D eigenvalue weighted by molar-refractivity contribution is 7.89. The van der Waals surface area contributed by atoms with E-state index in [0.717, 1.165) is 6.26 Å². The quantitative estimate of drug-likeness (QED) is 0.567. The maximum absolute atomic E-state index is 12.1. The molecule has 27 heavy (non-hydrogen) atoms. The molecule has 140 valence electrons. The number of benzene rings is 1. The van der Waals surface area contributed by atoms with Crippen molar-refractivity contribution in [1.82, 2.24) is 10.3 Å². The third kappa shape index (κ3) is 4.78. The number of hydrogen-bond acceptors (Lipinski definition) is 7. The first-order chi connectivity index (χ1) is 12.8. The van der Waals surface area contributed by atoms with Gasteiger partial charge in [-0.2, -0.15) is 16.3 Å². The van der Waals surface area contributed by atoms with Crippen LogP contribution in [0.2, 0.25) is 0 Å². The average molecular weight is 406 g/mol. The van der Waals surface area contributed by atoms with Gasteiger partial charge in [0.1, 0.15) is 6.26 Å². The van der Waals surface area contributed by atoms with Gasteiger partial charge in [-0.3, -0.25) is 14.9 Å². The summed E-state index contributed by atoms with van der Waals surface area (Å²) in [6.07, 6.45) is 1.13. The van der Waals surface area contributed by atoms with E-state index in [4.69, 9.17) is 9.56 Å². The first-order valence-electron chi connectivity index (χ1n) is 7.52. The minimum atomic E-state index is -3.76. The Morgan fingerprint density at radius 2 is 1.89 bits per heavy atom. The standard InChI is InChI=1S/C16H14N4O5S2/c17-27(23,24)12-3-1-10(2-4-12)7-18-15(22)13-8-25-16(19-13)20-14(21)11-5-6-26-9-11/h1-6,8-9H,7H2,(H,18,22)(H2,17,23,24)(H,19,20,21). The minimum absolute atomic E-state index is 0.00299. The summed E-state index contributed by atoms with van der Waals surface area (Å²) in [5.74, 6) is -0.898. The zero-order valence-electron chi connectivity index (χ0n) is 13.7. The molecule has 0 saturated carbocycles. The van der Waals surface area contributed by atoms with Crippen LogP contribution in [0.15, 0.2) is 56.7 Å². The fraction of sp³-hybridized carbons (Fsp3) is 0.0625. The van der Waals surface area contributed by atoms with Crippen molar-refractivity contribution in [2.75, 3.05) is 5.32 Å². The summed E-state index contributed by atoms with van der Waals surface area (Å²) in [7, 11) is -3.76. The number of primary sulfonamides is 1. The molecule has 0 aliphatic rings. The second kappa shape index (κ2) is 7.70. The Morgan fingerprint density at radius 1 is 1.15 bits per heavy atom. The van der Waals surface area contributed by atoms with E-state index in [1.54, 1.807) is 16.8 Å². The Hall–Kier alpha value is -3.02. The summed E-state index contributed by atoms with van der Waals surface area (Å²) in [4.78, 5) is 27.9. The summed E-state index contributed by atoms with van der Waals surface area (Å²) in [6.45, 7) is 0.146. The van der Waals surface area contributed by atoms with Crippen molar-refractivity contribution in [3.63, 3.8) is 0 Å². The topological polar surface area (TPSA) is 144 Å². The van der Waals surface area contributed by atoms with Gasteiger partial charge in [-0.15, -0.1) is 0 Å². The van der Waals surface area contributed by atoms with Crippen LogP contribution in [0.4, 0.5) is 6.01 Å². The molecule has 0 aliphatic heterocycles. The van der Waals surface area contributed by atoms with Crippen molar-refractivity contribution in [3.8, 4) is 0 Å². The molecule has 2 amide bonds. The molecule has 0 spiro atoms. The monoisotopic (exact) mass is 406 g/mol. The van der Waals surface area contributed by atoms with Crippen LogP contribution < -0.4 is 15.8 Å². The number of amides is 2. The second-order valence-electron chi connectivity index (χ2n) is 5.38. The van der Waals surface area contributed by atoms with Gasteiger partial charge in [0.25, 0.3) is 11.8 Å². The predicted octanol–water partition coefficient (Wildman–Crippen LogP) is 1.57. The fourth-order valence-electron chi connectivity index (χ4n) is 2.07. The highest BCUT2D eigenvalue weighted by atomic mass is 32.2. The van der Waals surface area contributed by atoms with Crippen molar-refractivity contribution in [2.24, 2.45) is 5.14 Å². The van der Waals surface area contributed by atoms with Crippen molar-refractivity contribution in [1.29, 1.82) is 0 Å². The van der Waals surface area contributed by atoms with Crippen LogP contribution in [0.25, 0.3) is 0 Å². The lowest BCUT2D eigenvalue weighted by Gasteiger charge is -2.04. The molecule has 3 aromatic rings. The number of aromatic nitrogens is 1. The number of rotatable bonds is 6. The molecule has 0 bridgehead atoms. The Labute approximate surface area is 158 Å². The molecule has 0 aliphatic carbocycles. The average Bonchev–Trinajstić information content (AvgIpc) is 3.31. The summed E-state index contributed by atoms with van der Waals surface area (Å²) in [6, 6.07) is 7.34. The molecule has 2 aromatic heterocycles. The second-order valence-corrected chi connectivity index (χ2v) is 7.72. The number of nitrogens with zero attached hydrogens (tertiary/aromatic N) is 1. The SMILES string of the molecule is NS(=O)(=O)c1ccc(CNC(=O)c2coc(NC(=O)c3ccsc3)n2)cc1. The lowest BCUT2D eigenvalue weighted by atomic mass is 10.2. The third-order valence-corrected chi connectivity index (χ3v) is 5.06. The molecule has 0 unspecified atom stereocenters. The van der Waals surface area contributed by atoms with E-state index < -0.39 is 15.9 Å². The summed E-state index contributed by atoms with van der Waals surface area (Å²) in [5, 5.41) is 13.5. The molecule has 3 rings (SSSR count). The van der Waals surface area contributed by atoms with Gasteiger partial charge in [0.15, 0.2) is 5.69 Å². The van der Waals surface area contributed by atoms with E-state index >= 15 is 0 Å². The molecule has 0 radical (unpaired) electrons. The number of hydrogen-bond donors (Lipinski definition) is 3. The van der Waals surface area contributed by atoms with E-state index in [1.165, 1.54) is 35.6 Å². The number of oxazole rings is 1. The van der Waals surface area contributed by atoms with Gasteiger partial charge < -0.3 is 9.73 Å². The first-order valence-corrected chi connectivity index (χ1v) is 10.0. The fourth-order valence-corrected chi connectivity index (χ4v) is 3.22. The van der Waals surface area contributed by atoms with Crippen molar-refractivity contribution in [2.45, 2.75) is 11.4 Å². The van der Waals surface area contributed by atoms with Crippen LogP contribution in [-0.2, 0) is 16.6 Å². The summed E-state index contributed by atoms with van der Waals surface area (Å²) in [5.41, 5.74) is 1.13. The number of carbonyl (C=O) groups excluding carboxylic acids is 2. The Morgan fingerprint density at radius 3 is 2.52 bits per heavy atom. The number of nitrogens with one attached hydrogen (secondary N) is 2. The Balaban J connectivity index is 1.57. The van der Waals surface area contributed by atoms with Gasteiger partial charge in [0, 0.05) is 11.9 Å². The van der Waals surface area contributed by atoms with Gasteiger partial charge in [-0.05, 0) is 29.1 Å². The molecule has 0 atom stereocenters. The van der Waals surface area contributed by atoms with Crippen molar-refractivity contribution < 1.29 is 22.4 Å². The van der Waals surface area contributed by atoms with E-state index in [0.29, 0.717) is 11.1 Å². The van der Waals surface area contributed by atoms with Crippen LogP contribution >= 0.6 is 11.3 Å². The maximum atomic E-state index is 12.1. The highest BCUT2D eigenvalue weighted by Crippen LogP contribution is 2.12. The van der Waals surface area contributed by atoms with Crippen LogP contribution in [0, 0.1) is 0 Å². The van der Waals surface area contributed by atoms with E-state index in [2.05, 4.69) is 15.6 Å². The van der Waals surface area contributed by atoms with Crippen LogP contribution in [0.3, 0.4) is 0 Å². The third-order valence-electron chi connectivity index (χ3n) is 3.45. The van der Waals surface area contributed by atoms with E-state index in [1.807, 2.05) is 0 Å². The van der Waals surface area contributed by atoms with Gasteiger partial charge in [0.05, 0.1) is 10.5 Å². The lowest BCUT2D eigenvalue weighted by Crippen LogP contribution is -2.23. The molecule has 1 aromatic carbocycles. The minimum Gasteiger partial charge on any atom is -0.431 e. The number of anilines is 1. The molecule has 4 N–H and O–H groups in total. The summed E-state index contributed by atoms with van der Waals surface area (Å²) >= 11 is 1.38. The lowest BCUT2D eigenvalue weighted by molar-refractivity contribution is 0.0944. The number of carbonyl (C=O) groups is 2. The van der Waals surface area contributed by atoms with E-state index in [-0.39, 0.29) is 29.1 Å². The normalized spacial score (nSPS) is 11.1. The molecule has 9 nitrogen and oxygen atoms in total. The summed E-state index contributed by atoms with van der Waals surface area (Å²) < 4.78 is 27.5. The Kier molecular flexibility index (Phi) is 5.35. The zero-order valence-corrected chi connectivity index (χ0v) is 15.3. The molecular formula is C16H14N4O5S2. The van der Waals surface area contributed by atoms with Gasteiger partial charge >= 0.3 is 6.01 Å². The zero-order chi connectivity index (χ0) is 19.4. The van der Waals surface area contributed by atoms with Gasteiger partial charge in [-0.25, -0.2) is 13.6 Å². The smallest absolute Gasteiger partial charge is 0.302 e. The van der Waals surface area contributed by atoms with E-state index in [9.17, 15) is 18.0 Å². The van der Waals surface area contributed by atoms with Crippen LogP contribution in [0.5, 0.6) is 0 Å². The van der Waals surface area contributed by atoms with Crippen molar-refractivity contribution in [3.05, 3.63) is 64.2 Å². The molecule has 11 heteroatoms. The van der Waals surface area contributed by atoms with Gasteiger partial charge in [-0.1, -0.05) is 12.1 Å². The maximum Gasteiger partial charge on any atom is 0.302 e. The van der Waals surface area contributed by atoms with Crippen LogP contribution in [0.1, 0.15) is 26.4 Å². The van der Waals surface area contributed by atoms with Gasteiger partial charge in [0.2, 0.25) is 10.0 Å².